The fraction of sp³-hybridized carbons (Fsp3) is 0.0556. The van der Waals surface area contributed by atoms with Gasteiger partial charge < -0.3 is 4.57 Å². The highest BCUT2D eigenvalue weighted by Gasteiger charge is 2.26. The van der Waals surface area contributed by atoms with Crippen LogP contribution in [-0.4, -0.2) is 15.0 Å². The van der Waals surface area contributed by atoms with Crippen LogP contribution in [0.3, 0.4) is 0 Å². The molecule has 0 radical (unpaired) electrons. The molecule has 9 aromatic carbocycles. The Kier molecular flexibility index (Phi) is 6.97. The summed E-state index contributed by atoms with van der Waals surface area (Å²) in [6.07, 6.45) is 1.76. The van der Waals surface area contributed by atoms with Crippen LogP contribution in [0.2, 0.25) is 0 Å². The van der Waals surface area contributed by atoms with Gasteiger partial charge in [0.2, 0.25) is 0 Å². The molecule has 268 valence electrons. The standard InChI is InChI=1S/C54H37N3/c1-2-34-31-38-15-5-10-20-47(38)55-54(52(34)39-26-25-37-24-23-35-13-3-6-16-41(35)45(37)32-39)57-50-30-28-40(33-46(50)53-42-17-7-4-14-36(42)27-29-51(53)57)56-48-21-11-8-18-43(48)44-19-9-12-22-49(44)56/h3-30,32-33H,2,31H2,1H3. The molecule has 0 aliphatic carbocycles. The van der Waals surface area contributed by atoms with Crippen molar-refractivity contribution in [1.82, 2.24) is 9.13 Å². The number of para-hydroxylation sites is 3. The Morgan fingerprint density at radius 3 is 1.81 bits per heavy atom. The third kappa shape index (κ3) is 4.76. The summed E-state index contributed by atoms with van der Waals surface area (Å²) < 4.78 is 4.89. The van der Waals surface area contributed by atoms with Crippen molar-refractivity contribution in [2.75, 3.05) is 0 Å². The molecule has 11 aromatic rings. The number of hydrogen-bond donors (Lipinski definition) is 0. The van der Waals surface area contributed by atoms with Crippen molar-refractivity contribution < 1.29 is 0 Å². The Balaban J connectivity index is 1.20. The van der Waals surface area contributed by atoms with Crippen LogP contribution in [0.25, 0.3) is 87.2 Å². The van der Waals surface area contributed by atoms with Crippen molar-refractivity contribution in [3.8, 4) is 5.69 Å². The minimum absolute atomic E-state index is 0.848. The van der Waals surface area contributed by atoms with E-state index in [1.165, 1.54) is 87.2 Å². The van der Waals surface area contributed by atoms with Crippen LogP contribution in [-0.2, 0) is 6.42 Å². The molecule has 0 amide bonds. The first kappa shape index (κ1) is 32.1. The number of rotatable bonds is 3. The van der Waals surface area contributed by atoms with E-state index in [-0.39, 0.29) is 0 Å². The van der Waals surface area contributed by atoms with Gasteiger partial charge in [0.05, 0.1) is 27.8 Å². The molecule has 1 aliphatic heterocycles. The van der Waals surface area contributed by atoms with E-state index in [9.17, 15) is 0 Å². The van der Waals surface area contributed by atoms with E-state index in [1.54, 1.807) is 0 Å². The maximum atomic E-state index is 5.73. The van der Waals surface area contributed by atoms with E-state index in [0.717, 1.165) is 41.1 Å². The fourth-order valence-electron chi connectivity index (χ4n) is 9.72. The van der Waals surface area contributed by atoms with Crippen LogP contribution < -0.4 is 0 Å². The van der Waals surface area contributed by atoms with Crippen LogP contribution in [0.15, 0.2) is 193 Å². The zero-order chi connectivity index (χ0) is 37.6. The smallest absolute Gasteiger partial charge is 0.146 e. The Hall–Kier alpha value is -7.23. The molecule has 12 rings (SSSR count). The first-order valence-corrected chi connectivity index (χ1v) is 20.0. The lowest BCUT2D eigenvalue weighted by Crippen LogP contribution is -2.15. The predicted molar refractivity (Wildman–Crippen MR) is 243 cm³/mol. The molecular weight excluding hydrogens is 691 g/mol. The lowest BCUT2D eigenvalue weighted by Gasteiger charge is -2.19. The molecule has 0 saturated heterocycles. The average molecular weight is 728 g/mol. The van der Waals surface area contributed by atoms with Gasteiger partial charge in [0, 0.05) is 32.8 Å². The topological polar surface area (TPSA) is 22.2 Å². The fourth-order valence-corrected chi connectivity index (χ4v) is 9.72. The van der Waals surface area contributed by atoms with E-state index >= 15 is 0 Å². The Bertz CT molecular complexity index is 3480. The third-order valence-electron chi connectivity index (χ3n) is 12.3. The van der Waals surface area contributed by atoms with Crippen molar-refractivity contribution in [3.63, 3.8) is 0 Å². The van der Waals surface area contributed by atoms with Crippen LogP contribution in [0.4, 0.5) is 5.69 Å². The maximum Gasteiger partial charge on any atom is 0.146 e. The molecule has 3 heteroatoms. The van der Waals surface area contributed by atoms with Gasteiger partial charge >= 0.3 is 0 Å². The normalized spacial score (nSPS) is 13.4. The zero-order valence-corrected chi connectivity index (χ0v) is 31.6. The molecule has 0 N–H and O–H groups in total. The quantitative estimate of drug-likeness (QED) is 0.162. The second-order valence-corrected chi connectivity index (χ2v) is 15.4. The number of hydrogen-bond acceptors (Lipinski definition) is 1. The van der Waals surface area contributed by atoms with E-state index in [0.29, 0.717) is 0 Å². The summed E-state index contributed by atoms with van der Waals surface area (Å²) in [7, 11) is 0. The number of aliphatic imine (C=N–C) groups is 1. The van der Waals surface area contributed by atoms with Gasteiger partial charge in [0.25, 0.3) is 0 Å². The lowest BCUT2D eigenvalue weighted by molar-refractivity contribution is 1.01. The molecule has 1 aliphatic rings. The molecule has 0 fully saturated rings. The van der Waals surface area contributed by atoms with E-state index in [1.807, 2.05) is 0 Å². The Morgan fingerprint density at radius 2 is 1.04 bits per heavy atom. The largest absolute Gasteiger partial charge is 0.309 e. The summed E-state index contributed by atoms with van der Waals surface area (Å²) in [5.74, 6) is 0.969. The van der Waals surface area contributed by atoms with Gasteiger partial charge in [-0.15, -0.1) is 0 Å². The number of nitrogens with zero attached hydrogens (tertiary/aromatic N) is 3. The summed E-state index contributed by atoms with van der Waals surface area (Å²) in [6.45, 7) is 2.30. The van der Waals surface area contributed by atoms with Gasteiger partial charge in [-0.05, 0) is 105 Å². The van der Waals surface area contributed by atoms with E-state index in [4.69, 9.17) is 4.99 Å². The van der Waals surface area contributed by atoms with Crippen molar-refractivity contribution >= 4 is 93.0 Å². The third-order valence-corrected chi connectivity index (χ3v) is 12.3. The van der Waals surface area contributed by atoms with Crippen LogP contribution in [0.5, 0.6) is 0 Å². The van der Waals surface area contributed by atoms with E-state index < -0.39 is 0 Å². The Morgan fingerprint density at radius 1 is 0.456 bits per heavy atom. The molecule has 0 unspecified atom stereocenters. The van der Waals surface area contributed by atoms with Crippen molar-refractivity contribution in [2.24, 2.45) is 4.99 Å². The monoisotopic (exact) mass is 727 g/mol. The van der Waals surface area contributed by atoms with Crippen LogP contribution >= 0.6 is 0 Å². The highest BCUT2D eigenvalue weighted by Crippen LogP contribution is 2.42. The van der Waals surface area contributed by atoms with Gasteiger partial charge in [0.15, 0.2) is 0 Å². The molecule has 3 nitrogen and oxygen atoms in total. The SMILES string of the molecule is CCC1=C(c2ccc3ccc4ccccc4c3c2)C(n2c3ccc(-n4c5ccccc5c5ccccc54)cc3c3c4ccccc4ccc32)=Nc2ccccc2C1. The summed E-state index contributed by atoms with van der Waals surface area (Å²) in [4.78, 5) is 5.73. The molecule has 0 spiro atoms. The highest BCUT2D eigenvalue weighted by molar-refractivity contribution is 6.33. The van der Waals surface area contributed by atoms with Gasteiger partial charge in [-0.25, -0.2) is 4.99 Å². The average Bonchev–Trinajstić information content (AvgIpc) is 3.72. The van der Waals surface area contributed by atoms with Gasteiger partial charge in [0.1, 0.15) is 5.84 Å². The second-order valence-electron chi connectivity index (χ2n) is 15.4. The first-order chi connectivity index (χ1) is 28.2. The van der Waals surface area contributed by atoms with Crippen molar-refractivity contribution in [3.05, 3.63) is 199 Å². The summed E-state index contributed by atoms with van der Waals surface area (Å²) in [5, 5.41) is 12.5. The van der Waals surface area contributed by atoms with Gasteiger partial charge in [-0.1, -0.05) is 146 Å². The second kappa shape index (κ2) is 12.4. The summed E-state index contributed by atoms with van der Waals surface area (Å²) in [6, 6.07) is 66.9. The minimum atomic E-state index is 0.848. The predicted octanol–water partition coefficient (Wildman–Crippen LogP) is 14.3. The number of fused-ring (bicyclic) bond motifs is 12. The molecule has 3 heterocycles. The maximum absolute atomic E-state index is 5.73. The molecule has 2 aromatic heterocycles. The minimum Gasteiger partial charge on any atom is -0.309 e. The number of aromatic nitrogens is 2. The zero-order valence-electron chi connectivity index (χ0n) is 31.6. The molecular formula is C54H37N3. The summed E-state index contributed by atoms with van der Waals surface area (Å²) >= 11 is 0. The van der Waals surface area contributed by atoms with Gasteiger partial charge in [-0.3, -0.25) is 4.57 Å². The summed E-state index contributed by atoms with van der Waals surface area (Å²) in [5.41, 5.74) is 11.9. The Labute approximate surface area is 330 Å². The first-order valence-electron chi connectivity index (χ1n) is 20.0. The molecule has 57 heavy (non-hydrogen) atoms. The van der Waals surface area contributed by atoms with Gasteiger partial charge in [-0.2, -0.15) is 0 Å². The van der Waals surface area contributed by atoms with Crippen molar-refractivity contribution in [2.45, 2.75) is 19.8 Å². The lowest BCUT2D eigenvalue weighted by atomic mass is 9.91. The van der Waals surface area contributed by atoms with Crippen LogP contribution in [0, 0.1) is 0 Å². The number of allylic oxidation sites excluding steroid dienone is 2. The van der Waals surface area contributed by atoms with E-state index in [2.05, 4.69) is 198 Å². The van der Waals surface area contributed by atoms with Crippen molar-refractivity contribution in [1.29, 1.82) is 0 Å². The highest BCUT2D eigenvalue weighted by atomic mass is 15.1. The molecule has 0 bridgehead atoms. The molecule has 0 saturated carbocycles. The van der Waals surface area contributed by atoms with Crippen LogP contribution in [0.1, 0.15) is 24.5 Å². The number of benzene rings is 9. The molecule has 0 atom stereocenters.